The highest BCUT2D eigenvalue weighted by molar-refractivity contribution is 7.80. The second-order valence-corrected chi connectivity index (χ2v) is 8.10. The van der Waals surface area contributed by atoms with Crippen LogP contribution in [0.1, 0.15) is 37.9 Å². The molecule has 5 nitrogen and oxygen atoms in total. The van der Waals surface area contributed by atoms with Crippen molar-refractivity contribution in [3.05, 3.63) is 66.5 Å². The van der Waals surface area contributed by atoms with Gasteiger partial charge in [0.2, 0.25) is 0 Å². The van der Waals surface area contributed by atoms with Gasteiger partial charge < -0.3 is 16.0 Å². The first-order valence-corrected chi connectivity index (χ1v) is 10.9. The Balaban J connectivity index is 1.44. The molecule has 0 bridgehead atoms. The van der Waals surface area contributed by atoms with Crippen molar-refractivity contribution in [2.75, 3.05) is 10.6 Å². The molecule has 1 fully saturated rings. The zero-order valence-electron chi connectivity index (χ0n) is 17.2. The lowest BCUT2D eigenvalue weighted by Gasteiger charge is -2.24. The van der Waals surface area contributed by atoms with E-state index in [0.717, 1.165) is 34.3 Å². The van der Waals surface area contributed by atoms with Crippen molar-refractivity contribution in [3.8, 4) is 11.3 Å². The number of anilines is 3. The van der Waals surface area contributed by atoms with E-state index in [1.807, 2.05) is 55.5 Å². The molecule has 0 radical (unpaired) electrons. The van der Waals surface area contributed by atoms with E-state index < -0.39 is 0 Å². The van der Waals surface area contributed by atoms with E-state index in [1.54, 1.807) is 0 Å². The molecule has 3 aromatic rings. The third-order valence-electron chi connectivity index (χ3n) is 5.24. The number of rotatable bonds is 5. The van der Waals surface area contributed by atoms with E-state index in [4.69, 9.17) is 12.2 Å². The van der Waals surface area contributed by atoms with Crippen LogP contribution in [-0.4, -0.2) is 21.1 Å². The predicted octanol–water partition coefficient (Wildman–Crippen LogP) is 5.81. The third kappa shape index (κ3) is 5.54. The van der Waals surface area contributed by atoms with Gasteiger partial charge in [0, 0.05) is 29.0 Å². The summed E-state index contributed by atoms with van der Waals surface area (Å²) in [5.41, 5.74) is 3.86. The zero-order chi connectivity index (χ0) is 20.8. The normalized spacial score (nSPS) is 14.2. The molecule has 1 heterocycles. The Morgan fingerprint density at radius 1 is 0.900 bits per heavy atom. The molecule has 1 aliphatic rings. The summed E-state index contributed by atoms with van der Waals surface area (Å²) in [6, 6.07) is 20.7. The first kappa shape index (κ1) is 20.3. The first-order valence-electron chi connectivity index (χ1n) is 10.5. The summed E-state index contributed by atoms with van der Waals surface area (Å²) in [7, 11) is 0. The first-order chi connectivity index (χ1) is 14.7. The molecule has 4 rings (SSSR count). The quantitative estimate of drug-likeness (QED) is 0.455. The van der Waals surface area contributed by atoms with Crippen LogP contribution in [0.4, 0.5) is 17.2 Å². The number of aryl methyl sites for hydroxylation is 1. The SMILES string of the molecule is Cc1nc(Nc2cccc(NC(=S)NC3CCCCC3)c2)cc(-c2ccccc2)n1. The van der Waals surface area contributed by atoms with E-state index in [0.29, 0.717) is 11.2 Å². The Morgan fingerprint density at radius 2 is 1.67 bits per heavy atom. The Hall–Kier alpha value is -2.99. The van der Waals surface area contributed by atoms with Crippen molar-refractivity contribution in [1.82, 2.24) is 15.3 Å². The minimum atomic E-state index is 0.487. The van der Waals surface area contributed by atoms with E-state index in [9.17, 15) is 0 Å². The van der Waals surface area contributed by atoms with Gasteiger partial charge in [-0.3, -0.25) is 0 Å². The summed E-state index contributed by atoms with van der Waals surface area (Å²) in [6.45, 7) is 1.91. The van der Waals surface area contributed by atoms with Gasteiger partial charge >= 0.3 is 0 Å². The molecule has 1 saturated carbocycles. The highest BCUT2D eigenvalue weighted by Gasteiger charge is 2.14. The van der Waals surface area contributed by atoms with Gasteiger partial charge in [-0.1, -0.05) is 55.7 Å². The number of benzene rings is 2. The van der Waals surface area contributed by atoms with Crippen LogP contribution >= 0.6 is 12.2 Å². The van der Waals surface area contributed by atoms with E-state index in [1.165, 1.54) is 32.1 Å². The average molecular weight is 418 g/mol. The van der Waals surface area contributed by atoms with E-state index in [2.05, 4.69) is 38.1 Å². The maximum atomic E-state index is 5.51. The zero-order valence-corrected chi connectivity index (χ0v) is 18.0. The average Bonchev–Trinajstić information content (AvgIpc) is 2.75. The van der Waals surface area contributed by atoms with Crippen molar-refractivity contribution < 1.29 is 0 Å². The van der Waals surface area contributed by atoms with Gasteiger partial charge in [-0.05, 0) is 50.2 Å². The summed E-state index contributed by atoms with van der Waals surface area (Å²) in [6.07, 6.45) is 6.28. The van der Waals surface area contributed by atoms with Crippen LogP contribution in [0, 0.1) is 6.92 Å². The van der Waals surface area contributed by atoms with Crippen molar-refractivity contribution >= 4 is 34.5 Å². The van der Waals surface area contributed by atoms with Crippen molar-refractivity contribution in [2.45, 2.75) is 45.1 Å². The number of nitrogens with zero attached hydrogens (tertiary/aromatic N) is 2. The van der Waals surface area contributed by atoms with Crippen LogP contribution in [0.15, 0.2) is 60.7 Å². The molecule has 0 spiro atoms. The molecular formula is C24H27N5S. The minimum Gasteiger partial charge on any atom is -0.360 e. The standard InChI is InChI=1S/C24H27N5S/c1-17-25-22(18-9-4-2-5-10-18)16-23(26-17)27-20-13-8-14-21(15-20)29-24(30)28-19-11-6-3-7-12-19/h2,4-5,8-10,13-16,19H,3,6-7,11-12H2,1H3,(H,25,26,27)(H2,28,29,30). The molecule has 6 heteroatoms. The monoisotopic (exact) mass is 417 g/mol. The lowest BCUT2D eigenvalue weighted by Crippen LogP contribution is -2.38. The number of hydrogen-bond acceptors (Lipinski definition) is 4. The van der Waals surface area contributed by atoms with E-state index in [-0.39, 0.29) is 0 Å². The van der Waals surface area contributed by atoms with Gasteiger partial charge in [0.1, 0.15) is 11.6 Å². The van der Waals surface area contributed by atoms with Gasteiger partial charge in [-0.2, -0.15) is 0 Å². The number of hydrogen-bond donors (Lipinski definition) is 3. The Morgan fingerprint density at radius 3 is 2.47 bits per heavy atom. The third-order valence-corrected chi connectivity index (χ3v) is 5.46. The Kier molecular flexibility index (Phi) is 6.54. The fraction of sp³-hybridized carbons (Fsp3) is 0.292. The largest absolute Gasteiger partial charge is 0.360 e. The predicted molar refractivity (Wildman–Crippen MR) is 128 cm³/mol. The summed E-state index contributed by atoms with van der Waals surface area (Å²) >= 11 is 5.51. The number of nitrogens with one attached hydrogen (secondary N) is 3. The van der Waals surface area contributed by atoms with Gasteiger partial charge in [0.05, 0.1) is 5.69 Å². The summed E-state index contributed by atoms with van der Waals surface area (Å²) < 4.78 is 0. The fourth-order valence-corrected chi connectivity index (χ4v) is 4.10. The topological polar surface area (TPSA) is 61.9 Å². The summed E-state index contributed by atoms with van der Waals surface area (Å²) in [5, 5.41) is 10.8. The molecule has 2 aromatic carbocycles. The summed E-state index contributed by atoms with van der Waals surface area (Å²) in [5.74, 6) is 1.49. The molecule has 0 atom stereocenters. The minimum absolute atomic E-state index is 0.487. The van der Waals surface area contributed by atoms with Crippen LogP contribution < -0.4 is 16.0 Å². The molecule has 0 aliphatic heterocycles. The van der Waals surface area contributed by atoms with Crippen LogP contribution in [0.5, 0.6) is 0 Å². The molecule has 1 aliphatic carbocycles. The van der Waals surface area contributed by atoms with E-state index >= 15 is 0 Å². The Bertz CT molecular complexity index is 999. The molecule has 1 aromatic heterocycles. The van der Waals surface area contributed by atoms with Crippen LogP contribution in [-0.2, 0) is 0 Å². The fourth-order valence-electron chi connectivity index (χ4n) is 3.81. The van der Waals surface area contributed by atoms with Crippen molar-refractivity contribution in [1.29, 1.82) is 0 Å². The molecule has 0 saturated heterocycles. The lowest BCUT2D eigenvalue weighted by atomic mass is 9.96. The van der Waals surface area contributed by atoms with Crippen molar-refractivity contribution in [2.24, 2.45) is 0 Å². The van der Waals surface area contributed by atoms with Gasteiger partial charge in [0.15, 0.2) is 5.11 Å². The van der Waals surface area contributed by atoms with Crippen LogP contribution in [0.2, 0.25) is 0 Å². The molecule has 3 N–H and O–H groups in total. The van der Waals surface area contributed by atoms with Gasteiger partial charge in [0.25, 0.3) is 0 Å². The summed E-state index contributed by atoms with van der Waals surface area (Å²) in [4.78, 5) is 9.11. The molecule has 30 heavy (non-hydrogen) atoms. The molecule has 0 unspecified atom stereocenters. The van der Waals surface area contributed by atoms with Gasteiger partial charge in [-0.25, -0.2) is 9.97 Å². The Labute approximate surface area is 183 Å². The maximum absolute atomic E-state index is 5.51. The second-order valence-electron chi connectivity index (χ2n) is 7.69. The number of aromatic nitrogens is 2. The smallest absolute Gasteiger partial charge is 0.170 e. The molecule has 154 valence electrons. The maximum Gasteiger partial charge on any atom is 0.170 e. The highest BCUT2D eigenvalue weighted by Crippen LogP contribution is 2.24. The van der Waals surface area contributed by atoms with Crippen LogP contribution in [0.25, 0.3) is 11.3 Å². The lowest BCUT2D eigenvalue weighted by molar-refractivity contribution is 0.415. The van der Waals surface area contributed by atoms with Crippen molar-refractivity contribution in [3.63, 3.8) is 0 Å². The van der Waals surface area contributed by atoms with Crippen LogP contribution in [0.3, 0.4) is 0 Å². The highest BCUT2D eigenvalue weighted by atomic mass is 32.1. The second kappa shape index (κ2) is 9.67. The molecular weight excluding hydrogens is 390 g/mol. The molecule has 0 amide bonds. The number of thiocarbonyl (C=S) groups is 1. The van der Waals surface area contributed by atoms with Gasteiger partial charge in [-0.15, -0.1) is 0 Å².